The summed E-state index contributed by atoms with van der Waals surface area (Å²) in [6, 6.07) is 26.4. The molecule has 1 aliphatic rings. The van der Waals surface area contributed by atoms with Gasteiger partial charge in [-0.25, -0.2) is 4.79 Å². The topological polar surface area (TPSA) is 41.6 Å². The highest BCUT2D eigenvalue weighted by atomic mass is 16.5. The van der Waals surface area contributed by atoms with Crippen LogP contribution in [0.15, 0.2) is 78.9 Å². The van der Waals surface area contributed by atoms with Crippen molar-refractivity contribution in [3.63, 3.8) is 0 Å². The molecule has 0 aliphatic carbocycles. The van der Waals surface area contributed by atoms with Crippen molar-refractivity contribution in [1.82, 2.24) is 10.2 Å². The number of carbonyl (C=O) groups is 1. The van der Waals surface area contributed by atoms with Gasteiger partial charge < -0.3 is 15.0 Å². The van der Waals surface area contributed by atoms with E-state index in [1.54, 1.807) is 7.11 Å². The van der Waals surface area contributed by atoms with Crippen LogP contribution in [0.5, 0.6) is 5.75 Å². The van der Waals surface area contributed by atoms with Crippen molar-refractivity contribution >= 4 is 6.03 Å². The molecule has 1 atom stereocenters. The maximum absolute atomic E-state index is 12.6. The van der Waals surface area contributed by atoms with Gasteiger partial charge in [-0.2, -0.15) is 0 Å². The minimum absolute atomic E-state index is 0.0295. The highest BCUT2D eigenvalue weighted by Crippen LogP contribution is 2.32. The molecule has 28 heavy (non-hydrogen) atoms. The molecule has 4 rings (SSSR count). The first kappa shape index (κ1) is 18.1. The summed E-state index contributed by atoms with van der Waals surface area (Å²) in [5.74, 6) is 0.831. The Morgan fingerprint density at radius 3 is 2.43 bits per heavy atom. The molecule has 0 saturated carbocycles. The van der Waals surface area contributed by atoms with E-state index >= 15 is 0 Å². The van der Waals surface area contributed by atoms with Crippen LogP contribution in [0.1, 0.15) is 18.1 Å². The van der Waals surface area contributed by atoms with E-state index < -0.39 is 5.54 Å². The van der Waals surface area contributed by atoms with E-state index in [0.29, 0.717) is 13.1 Å². The Morgan fingerprint density at radius 2 is 1.68 bits per heavy atom. The van der Waals surface area contributed by atoms with Crippen LogP contribution in [0.2, 0.25) is 0 Å². The fourth-order valence-corrected chi connectivity index (χ4v) is 3.75. The van der Waals surface area contributed by atoms with Crippen molar-refractivity contribution in [2.75, 3.05) is 13.7 Å². The van der Waals surface area contributed by atoms with Crippen LogP contribution < -0.4 is 10.1 Å². The van der Waals surface area contributed by atoms with Crippen LogP contribution in [0.3, 0.4) is 0 Å². The van der Waals surface area contributed by atoms with Crippen molar-refractivity contribution in [3.8, 4) is 16.9 Å². The number of benzene rings is 3. The highest BCUT2D eigenvalue weighted by molar-refractivity contribution is 5.78. The van der Waals surface area contributed by atoms with Crippen molar-refractivity contribution in [2.45, 2.75) is 19.0 Å². The zero-order valence-corrected chi connectivity index (χ0v) is 16.2. The SMILES string of the molecule is COc1cccc(-c2cccc(C3(C)CN(Cc4ccccc4)C(=O)N3)c2)c1. The van der Waals surface area contributed by atoms with Gasteiger partial charge in [0.1, 0.15) is 5.75 Å². The summed E-state index contributed by atoms with van der Waals surface area (Å²) in [6.45, 7) is 3.32. The smallest absolute Gasteiger partial charge is 0.318 e. The van der Waals surface area contributed by atoms with Crippen molar-refractivity contribution < 1.29 is 9.53 Å². The highest BCUT2D eigenvalue weighted by Gasteiger charge is 2.39. The Kier molecular flexibility index (Phi) is 4.78. The van der Waals surface area contributed by atoms with Gasteiger partial charge in [-0.3, -0.25) is 0 Å². The fourth-order valence-electron chi connectivity index (χ4n) is 3.75. The average molecular weight is 372 g/mol. The predicted molar refractivity (Wildman–Crippen MR) is 111 cm³/mol. The molecule has 1 saturated heterocycles. The maximum Gasteiger partial charge on any atom is 0.318 e. The molecular weight excluding hydrogens is 348 g/mol. The van der Waals surface area contributed by atoms with Crippen molar-refractivity contribution in [1.29, 1.82) is 0 Å². The van der Waals surface area contributed by atoms with Gasteiger partial charge >= 0.3 is 6.03 Å². The summed E-state index contributed by atoms with van der Waals surface area (Å²) in [5, 5.41) is 3.18. The lowest BCUT2D eigenvalue weighted by molar-refractivity contribution is 0.215. The molecular formula is C24H24N2O2. The average Bonchev–Trinajstić information content (AvgIpc) is 3.03. The number of ether oxygens (including phenoxy) is 1. The number of hydrogen-bond donors (Lipinski definition) is 1. The predicted octanol–water partition coefficient (Wildman–Crippen LogP) is 4.80. The van der Waals surface area contributed by atoms with E-state index in [-0.39, 0.29) is 6.03 Å². The lowest BCUT2D eigenvalue weighted by Gasteiger charge is -2.25. The number of nitrogens with zero attached hydrogens (tertiary/aromatic N) is 1. The molecule has 1 fully saturated rings. The van der Waals surface area contributed by atoms with Gasteiger partial charge in [0.15, 0.2) is 0 Å². The van der Waals surface area contributed by atoms with Gasteiger partial charge in [-0.1, -0.05) is 60.7 Å². The summed E-state index contributed by atoms with van der Waals surface area (Å²) in [4.78, 5) is 14.5. The minimum Gasteiger partial charge on any atom is -0.497 e. The molecule has 0 spiro atoms. The summed E-state index contributed by atoms with van der Waals surface area (Å²) < 4.78 is 5.35. The molecule has 3 aromatic carbocycles. The van der Waals surface area contributed by atoms with Crippen LogP contribution in [-0.4, -0.2) is 24.6 Å². The van der Waals surface area contributed by atoms with Crippen LogP contribution in [0, 0.1) is 0 Å². The largest absolute Gasteiger partial charge is 0.497 e. The van der Waals surface area contributed by atoms with Gasteiger partial charge in [0, 0.05) is 13.1 Å². The number of nitrogens with one attached hydrogen (secondary N) is 1. The lowest BCUT2D eigenvalue weighted by atomic mass is 9.90. The zero-order chi connectivity index (χ0) is 19.6. The second-order valence-electron chi connectivity index (χ2n) is 7.42. The molecule has 4 heteroatoms. The molecule has 2 amide bonds. The van der Waals surface area contributed by atoms with Crippen molar-refractivity contribution in [3.05, 3.63) is 90.0 Å². The standard InChI is InChI=1S/C24H24N2O2/c1-24(17-26(23(27)25-24)16-18-8-4-3-5-9-18)21-12-6-10-19(14-21)20-11-7-13-22(15-20)28-2/h3-15H,16-17H2,1-2H3,(H,25,27). The Labute approximate surface area is 165 Å². The molecule has 1 aliphatic heterocycles. The van der Waals surface area contributed by atoms with E-state index in [2.05, 4.69) is 36.5 Å². The quantitative estimate of drug-likeness (QED) is 0.699. The first-order chi connectivity index (χ1) is 13.6. The Bertz CT molecular complexity index is 987. The van der Waals surface area contributed by atoms with E-state index in [4.69, 9.17) is 4.74 Å². The third-order valence-electron chi connectivity index (χ3n) is 5.30. The summed E-state index contributed by atoms with van der Waals surface area (Å²) >= 11 is 0. The third kappa shape index (κ3) is 3.58. The summed E-state index contributed by atoms with van der Waals surface area (Å²) in [5.41, 5.74) is 3.99. The van der Waals surface area contributed by atoms with E-state index in [1.807, 2.05) is 59.5 Å². The molecule has 3 aromatic rings. The van der Waals surface area contributed by atoms with Crippen molar-refractivity contribution in [2.24, 2.45) is 0 Å². The molecule has 0 aromatic heterocycles. The molecule has 1 unspecified atom stereocenters. The molecule has 1 N–H and O–H groups in total. The Balaban J connectivity index is 1.59. The lowest BCUT2D eigenvalue weighted by Crippen LogP contribution is -2.37. The molecule has 4 nitrogen and oxygen atoms in total. The van der Waals surface area contributed by atoms with E-state index in [1.165, 1.54) is 0 Å². The maximum atomic E-state index is 12.6. The number of carbonyl (C=O) groups excluding carboxylic acids is 1. The number of urea groups is 1. The van der Waals surface area contributed by atoms with Crippen LogP contribution in [-0.2, 0) is 12.1 Å². The normalized spacial score (nSPS) is 18.8. The van der Waals surface area contributed by atoms with Gasteiger partial charge in [0.05, 0.1) is 12.6 Å². The molecule has 142 valence electrons. The number of methoxy groups -OCH3 is 1. The minimum atomic E-state index is -0.430. The molecule has 1 heterocycles. The Morgan fingerprint density at radius 1 is 0.964 bits per heavy atom. The summed E-state index contributed by atoms with van der Waals surface area (Å²) in [7, 11) is 1.67. The van der Waals surface area contributed by atoms with Gasteiger partial charge in [-0.15, -0.1) is 0 Å². The van der Waals surface area contributed by atoms with Crippen LogP contribution in [0.25, 0.3) is 11.1 Å². The van der Waals surface area contributed by atoms with Crippen LogP contribution in [0.4, 0.5) is 4.79 Å². The van der Waals surface area contributed by atoms with Gasteiger partial charge in [0.25, 0.3) is 0 Å². The second kappa shape index (κ2) is 7.39. The summed E-state index contributed by atoms with van der Waals surface area (Å²) in [6.07, 6.45) is 0. The number of hydrogen-bond acceptors (Lipinski definition) is 2. The first-order valence-electron chi connectivity index (χ1n) is 9.43. The number of rotatable bonds is 5. The van der Waals surface area contributed by atoms with Gasteiger partial charge in [0.2, 0.25) is 0 Å². The molecule has 0 bridgehead atoms. The molecule has 0 radical (unpaired) electrons. The van der Waals surface area contributed by atoms with Gasteiger partial charge in [-0.05, 0) is 47.4 Å². The second-order valence-corrected chi connectivity index (χ2v) is 7.42. The van der Waals surface area contributed by atoms with E-state index in [9.17, 15) is 4.79 Å². The Hall–Kier alpha value is -3.27. The van der Waals surface area contributed by atoms with Crippen LogP contribution >= 0.6 is 0 Å². The fraction of sp³-hybridized carbons (Fsp3) is 0.208. The first-order valence-corrected chi connectivity index (χ1v) is 9.43. The van der Waals surface area contributed by atoms with E-state index in [0.717, 1.165) is 28.0 Å². The number of amides is 2. The zero-order valence-electron chi connectivity index (χ0n) is 16.2. The third-order valence-corrected chi connectivity index (χ3v) is 5.30. The monoisotopic (exact) mass is 372 g/mol.